The Morgan fingerprint density at radius 3 is 2.94 bits per heavy atom. The summed E-state index contributed by atoms with van der Waals surface area (Å²) >= 11 is 5.97. The topological polar surface area (TPSA) is 93.0 Å². The van der Waals surface area contributed by atoms with Gasteiger partial charge >= 0.3 is 0 Å². The van der Waals surface area contributed by atoms with E-state index in [0.29, 0.717) is 16.5 Å². The van der Waals surface area contributed by atoms with Crippen LogP contribution in [0.3, 0.4) is 0 Å². The van der Waals surface area contributed by atoms with E-state index in [2.05, 4.69) is 15.5 Å². The monoisotopic (exact) mass is 266 g/mol. The number of aromatic amines is 1. The van der Waals surface area contributed by atoms with Crippen LogP contribution in [-0.2, 0) is 0 Å². The van der Waals surface area contributed by atoms with E-state index in [1.54, 1.807) is 18.2 Å². The van der Waals surface area contributed by atoms with E-state index in [1.807, 2.05) is 0 Å². The number of ether oxygens (including phenoxy) is 1. The van der Waals surface area contributed by atoms with Gasteiger partial charge in [0.2, 0.25) is 0 Å². The standard InChI is InChI=1S/C11H11ClN4O2/c1-18-6-2-3-8(12)9(4-6)15-11(17)7-5-14-16-10(7)13/h2-5H,1H3,(H,15,17)(H3,13,14,16). The zero-order valence-electron chi connectivity index (χ0n) is 9.53. The van der Waals surface area contributed by atoms with E-state index in [1.165, 1.54) is 13.3 Å². The average molecular weight is 267 g/mol. The highest BCUT2D eigenvalue weighted by atomic mass is 35.5. The number of nitrogen functional groups attached to an aromatic ring is 1. The van der Waals surface area contributed by atoms with E-state index in [0.717, 1.165) is 0 Å². The summed E-state index contributed by atoms with van der Waals surface area (Å²) in [5, 5.41) is 9.20. The maximum absolute atomic E-state index is 11.9. The maximum Gasteiger partial charge on any atom is 0.261 e. The number of H-pyrrole nitrogens is 1. The molecule has 2 rings (SSSR count). The van der Waals surface area contributed by atoms with Gasteiger partial charge in [-0.1, -0.05) is 11.6 Å². The zero-order chi connectivity index (χ0) is 13.1. The number of nitrogens with one attached hydrogen (secondary N) is 2. The van der Waals surface area contributed by atoms with Gasteiger partial charge in [-0.15, -0.1) is 0 Å². The molecule has 1 aromatic heterocycles. The Bertz CT molecular complexity index is 582. The number of nitrogens with two attached hydrogens (primary N) is 1. The second-order valence-corrected chi connectivity index (χ2v) is 3.90. The lowest BCUT2D eigenvalue weighted by molar-refractivity contribution is 0.102. The van der Waals surface area contributed by atoms with Crippen LogP contribution < -0.4 is 15.8 Å². The highest BCUT2D eigenvalue weighted by Crippen LogP contribution is 2.27. The summed E-state index contributed by atoms with van der Waals surface area (Å²) in [5.41, 5.74) is 6.26. The van der Waals surface area contributed by atoms with Crippen molar-refractivity contribution in [1.82, 2.24) is 10.2 Å². The van der Waals surface area contributed by atoms with Gasteiger partial charge in [-0.2, -0.15) is 5.10 Å². The number of rotatable bonds is 3. The second kappa shape index (κ2) is 4.97. The molecule has 0 saturated carbocycles. The Kier molecular flexibility index (Phi) is 3.38. The number of hydrogen-bond acceptors (Lipinski definition) is 4. The summed E-state index contributed by atoms with van der Waals surface area (Å²) in [7, 11) is 1.53. The van der Waals surface area contributed by atoms with Crippen molar-refractivity contribution in [2.24, 2.45) is 0 Å². The van der Waals surface area contributed by atoms with Gasteiger partial charge in [0.25, 0.3) is 5.91 Å². The van der Waals surface area contributed by atoms with Crippen molar-refractivity contribution >= 4 is 29.0 Å². The number of benzene rings is 1. The lowest BCUT2D eigenvalue weighted by Crippen LogP contribution is -2.13. The highest BCUT2D eigenvalue weighted by Gasteiger charge is 2.13. The minimum Gasteiger partial charge on any atom is -0.497 e. The second-order valence-electron chi connectivity index (χ2n) is 3.50. The number of hydrogen-bond donors (Lipinski definition) is 3. The Labute approximate surface area is 108 Å². The summed E-state index contributed by atoms with van der Waals surface area (Å²) in [6, 6.07) is 4.95. The lowest BCUT2D eigenvalue weighted by atomic mass is 10.2. The van der Waals surface area contributed by atoms with Crippen molar-refractivity contribution in [2.45, 2.75) is 0 Å². The van der Waals surface area contributed by atoms with Gasteiger partial charge in [0, 0.05) is 6.07 Å². The molecule has 0 spiro atoms. The van der Waals surface area contributed by atoms with Crippen LogP contribution in [0.4, 0.5) is 11.5 Å². The first-order chi connectivity index (χ1) is 8.61. The van der Waals surface area contributed by atoms with Crippen molar-refractivity contribution < 1.29 is 9.53 Å². The first-order valence-corrected chi connectivity index (χ1v) is 5.43. The van der Waals surface area contributed by atoms with Crippen molar-refractivity contribution in [3.05, 3.63) is 35.0 Å². The van der Waals surface area contributed by atoms with Gasteiger partial charge in [-0.25, -0.2) is 0 Å². The lowest BCUT2D eigenvalue weighted by Gasteiger charge is -2.08. The molecule has 0 aliphatic heterocycles. The van der Waals surface area contributed by atoms with Gasteiger partial charge in [0.1, 0.15) is 17.1 Å². The van der Waals surface area contributed by atoms with Crippen LogP contribution in [0.2, 0.25) is 5.02 Å². The number of methoxy groups -OCH3 is 1. The Hall–Kier alpha value is -2.21. The molecule has 0 atom stereocenters. The van der Waals surface area contributed by atoms with Gasteiger partial charge in [-0.3, -0.25) is 9.89 Å². The number of anilines is 2. The molecule has 6 nitrogen and oxygen atoms in total. The molecular formula is C11H11ClN4O2. The average Bonchev–Trinajstić information content (AvgIpc) is 2.78. The number of halogens is 1. The van der Waals surface area contributed by atoms with Gasteiger partial charge in [0.15, 0.2) is 0 Å². The minimum atomic E-state index is -0.392. The van der Waals surface area contributed by atoms with Crippen molar-refractivity contribution in [2.75, 3.05) is 18.2 Å². The van der Waals surface area contributed by atoms with Gasteiger partial charge in [-0.05, 0) is 12.1 Å². The van der Waals surface area contributed by atoms with E-state index >= 15 is 0 Å². The van der Waals surface area contributed by atoms with Crippen LogP contribution in [0.25, 0.3) is 0 Å². The smallest absolute Gasteiger partial charge is 0.261 e. The molecule has 94 valence electrons. The summed E-state index contributed by atoms with van der Waals surface area (Å²) in [4.78, 5) is 11.9. The minimum absolute atomic E-state index is 0.200. The summed E-state index contributed by atoms with van der Waals surface area (Å²) < 4.78 is 5.05. The summed E-state index contributed by atoms with van der Waals surface area (Å²) in [5.74, 6) is 0.401. The molecule has 4 N–H and O–H groups in total. The summed E-state index contributed by atoms with van der Waals surface area (Å²) in [6.45, 7) is 0. The molecule has 0 bridgehead atoms. The molecule has 7 heteroatoms. The number of aromatic nitrogens is 2. The van der Waals surface area contributed by atoms with E-state index in [9.17, 15) is 4.79 Å². The quantitative estimate of drug-likeness (QED) is 0.791. The van der Waals surface area contributed by atoms with Crippen molar-refractivity contribution in [1.29, 1.82) is 0 Å². The van der Waals surface area contributed by atoms with Crippen LogP contribution in [0.1, 0.15) is 10.4 Å². The predicted octanol–water partition coefficient (Wildman–Crippen LogP) is 1.91. The van der Waals surface area contributed by atoms with Crippen LogP contribution in [0.5, 0.6) is 5.75 Å². The maximum atomic E-state index is 11.9. The van der Waals surface area contributed by atoms with Crippen molar-refractivity contribution in [3.8, 4) is 5.75 Å². The van der Waals surface area contributed by atoms with E-state index < -0.39 is 5.91 Å². The summed E-state index contributed by atoms with van der Waals surface area (Å²) in [6.07, 6.45) is 1.35. The molecule has 0 radical (unpaired) electrons. The third-order valence-electron chi connectivity index (χ3n) is 2.34. The number of amides is 1. The Morgan fingerprint density at radius 1 is 1.56 bits per heavy atom. The molecule has 2 aromatic rings. The molecule has 0 unspecified atom stereocenters. The molecular weight excluding hydrogens is 256 g/mol. The first-order valence-electron chi connectivity index (χ1n) is 5.05. The normalized spacial score (nSPS) is 10.1. The highest BCUT2D eigenvalue weighted by molar-refractivity contribution is 6.34. The fourth-order valence-corrected chi connectivity index (χ4v) is 1.56. The molecule has 1 heterocycles. The molecule has 0 aliphatic carbocycles. The Morgan fingerprint density at radius 2 is 2.33 bits per heavy atom. The zero-order valence-corrected chi connectivity index (χ0v) is 10.3. The predicted molar refractivity (Wildman–Crippen MR) is 69.0 cm³/mol. The van der Waals surface area contributed by atoms with E-state index in [4.69, 9.17) is 22.1 Å². The third-order valence-corrected chi connectivity index (χ3v) is 2.66. The molecule has 0 aliphatic rings. The SMILES string of the molecule is COc1ccc(Cl)c(NC(=O)c2cn[nH]c2N)c1. The van der Waals surface area contributed by atoms with Gasteiger partial charge in [0.05, 0.1) is 24.0 Å². The number of carbonyl (C=O) groups is 1. The molecule has 18 heavy (non-hydrogen) atoms. The number of carbonyl (C=O) groups excluding carboxylic acids is 1. The first kappa shape index (κ1) is 12.3. The van der Waals surface area contributed by atoms with Crippen LogP contribution >= 0.6 is 11.6 Å². The van der Waals surface area contributed by atoms with Crippen LogP contribution in [0, 0.1) is 0 Å². The van der Waals surface area contributed by atoms with Crippen molar-refractivity contribution in [3.63, 3.8) is 0 Å². The molecule has 1 aromatic carbocycles. The molecule has 0 saturated heterocycles. The Balaban J connectivity index is 2.24. The van der Waals surface area contributed by atoms with Gasteiger partial charge < -0.3 is 15.8 Å². The van der Waals surface area contributed by atoms with E-state index in [-0.39, 0.29) is 11.4 Å². The fourth-order valence-electron chi connectivity index (χ4n) is 1.39. The van der Waals surface area contributed by atoms with Crippen LogP contribution in [0.15, 0.2) is 24.4 Å². The largest absolute Gasteiger partial charge is 0.497 e. The molecule has 0 fully saturated rings. The fraction of sp³-hybridized carbons (Fsp3) is 0.0909. The number of nitrogens with zero attached hydrogens (tertiary/aromatic N) is 1. The third kappa shape index (κ3) is 2.38. The van der Waals surface area contributed by atoms with Crippen LogP contribution in [-0.4, -0.2) is 23.2 Å². The molecule has 1 amide bonds.